The average Bonchev–Trinajstić information content (AvgIpc) is 3.33. The summed E-state index contributed by atoms with van der Waals surface area (Å²) in [6.07, 6.45) is 2.17. The Morgan fingerprint density at radius 2 is 1.65 bits per heavy atom. The summed E-state index contributed by atoms with van der Waals surface area (Å²) in [4.78, 5) is 67.4. The minimum atomic E-state index is -1.31. The van der Waals surface area contributed by atoms with Gasteiger partial charge in [-0.25, -0.2) is 0 Å². The Morgan fingerprint density at radius 1 is 0.953 bits per heavy atom. The first kappa shape index (κ1) is 31.3. The molecule has 3 aromatic rings. The number of hydrogen-bond acceptors (Lipinski definition) is 5. The van der Waals surface area contributed by atoms with Crippen molar-refractivity contribution >= 4 is 40.4 Å². The number of H-pyrrole nitrogens is 1. The van der Waals surface area contributed by atoms with Gasteiger partial charge in [0.2, 0.25) is 29.5 Å². The molecule has 8 N–H and O–H groups in total. The van der Waals surface area contributed by atoms with E-state index in [0.717, 1.165) is 34.1 Å². The van der Waals surface area contributed by atoms with Crippen molar-refractivity contribution in [1.82, 2.24) is 20.9 Å². The molecule has 0 unspecified atom stereocenters. The number of benzene rings is 2. The molecule has 11 heteroatoms. The normalized spacial score (nSPS) is 17.5. The number of aromatic nitrogens is 1. The topological polar surface area (TPSA) is 189 Å². The highest BCUT2D eigenvalue weighted by Gasteiger charge is 2.45. The Labute approximate surface area is 250 Å². The van der Waals surface area contributed by atoms with Gasteiger partial charge in [-0.1, -0.05) is 62.4 Å². The minimum Gasteiger partial charge on any atom is -0.370 e. The largest absolute Gasteiger partial charge is 0.370 e. The summed E-state index contributed by atoms with van der Waals surface area (Å²) in [5, 5.41) is 9.31. The van der Waals surface area contributed by atoms with Crippen LogP contribution in [0.15, 0.2) is 54.6 Å². The van der Waals surface area contributed by atoms with Gasteiger partial charge in [0.1, 0.15) is 17.6 Å². The van der Waals surface area contributed by atoms with Gasteiger partial charge < -0.3 is 32.4 Å². The summed E-state index contributed by atoms with van der Waals surface area (Å²) < 4.78 is 0. The summed E-state index contributed by atoms with van der Waals surface area (Å²) in [5.41, 5.74) is 13.3. The third kappa shape index (κ3) is 7.59. The van der Waals surface area contributed by atoms with Crippen LogP contribution in [0, 0.1) is 5.92 Å². The summed E-state index contributed by atoms with van der Waals surface area (Å²) in [7, 11) is 0. The third-order valence-corrected chi connectivity index (χ3v) is 8.01. The minimum absolute atomic E-state index is 0.228. The van der Waals surface area contributed by atoms with Crippen LogP contribution in [0.4, 0.5) is 0 Å². The lowest BCUT2D eigenvalue weighted by Crippen LogP contribution is -2.65. The lowest BCUT2D eigenvalue weighted by atomic mass is 9.78. The van der Waals surface area contributed by atoms with Crippen molar-refractivity contribution in [2.24, 2.45) is 17.4 Å². The van der Waals surface area contributed by atoms with E-state index in [1.54, 1.807) is 13.8 Å². The zero-order chi connectivity index (χ0) is 31.1. The fourth-order valence-corrected chi connectivity index (χ4v) is 5.68. The van der Waals surface area contributed by atoms with Gasteiger partial charge >= 0.3 is 0 Å². The molecule has 43 heavy (non-hydrogen) atoms. The van der Waals surface area contributed by atoms with Gasteiger partial charge in [0.15, 0.2) is 0 Å². The van der Waals surface area contributed by atoms with E-state index in [9.17, 15) is 24.0 Å². The highest BCUT2D eigenvalue weighted by molar-refractivity contribution is 5.98. The Balaban J connectivity index is 1.57. The molecule has 0 radical (unpaired) electrons. The van der Waals surface area contributed by atoms with Gasteiger partial charge in [-0.15, -0.1) is 0 Å². The van der Waals surface area contributed by atoms with Crippen LogP contribution in [0.2, 0.25) is 0 Å². The van der Waals surface area contributed by atoms with Gasteiger partial charge in [-0.2, -0.15) is 0 Å². The second-order valence-electron chi connectivity index (χ2n) is 11.6. The molecule has 1 heterocycles. The van der Waals surface area contributed by atoms with Crippen molar-refractivity contribution in [2.75, 3.05) is 0 Å². The number of amides is 5. The standard InChI is InChI=1S/C32H40N6O5/c1-19(2)28(30(42)36-25(29(34)41)17-26(33)39)37-31(43)32(38-27(40)14-8-11-20-9-4-3-5-10-20)16-15-24-22(18-32)21-12-6-7-13-23(21)35-24/h3-7,9-10,12-13,19,25,28,35H,8,11,14-18H2,1-2H3,(H2,33,39)(H2,34,41)(H,36,42)(H,37,43)(H,38,40)/t25-,28-,32-/m0/s1. The summed E-state index contributed by atoms with van der Waals surface area (Å²) in [5.74, 6) is -3.55. The van der Waals surface area contributed by atoms with Crippen molar-refractivity contribution in [3.8, 4) is 0 Å². The van der Waals surface area contributed by atoms with E-state index in [0.29, 0.717) is 19.3 Å². The predicted octanol–water partition coefficient (Wildman–Crippen LogP) is 1.52. The molecular formula is C32H40N6O5. The molecule has 5 amide bonds. The Hall–Kier alpha value is -4.67. The summed E-state index contributed by atoms with van der Waals surface area (Å²) in [6, 6.07) is 15.3. The van der Waals surface area contributed by atoms with Crippen LogP contribution in [0.25, 0.3) is 10.9 Å². The number of carbonyl (C=O) groups excluding carboxylic acids is 5. The number of nitrogens with one attached hydrogen (secondary N) is 4. The zero-order valence-electron chi connectivity index (χ0n) is 24.6. The summed E-state index contributed by atoms with van der Waals surface area (Å²) in [6.45, 7) is 3.48. The van der Waals surface area contributed by atoms with Crippen LogP contribution in [-0.4, -0.2) is 52.1 Å². The third-order valence-electron chi connectivity index (χ3n) is 8.01. The summed E-state index contributed by atoms with van der Waals surface area (Å²) >= 11 is 0. The molecule has 11 nitrogen and oxygen atoms in total. The first-order chi connectivity index (χ1) is 20.5. The van der Waals surface area contributed by atoms with Crippen molar-refractivity contribution in [3.05, 3.63) is 71.4 Å². The molecule has 2 aromatic carbocycles. The zero-order valence-corrected chi connectivity index (χ0v) is 24.6. The van der Waals surface area contributed by atoms with Crippen LogP contribution >= 0.6 is 0 Å². The van der Waals surface area contributed by atoms with E-state index in [1.807, 2.05) is 54.6 Å². The van der Waals surface area contributed by atoms with Crippen LogP contribution in [0.5, 0.6) is 0 Å². The molecule has 0 spiro atoms. The number of nitrogens with two attached hydrogens (primary N) is 2. The smallest absolute Gasteiger partial charge is 0.246 e. The van der Waals surface area contributed by atoms with E-state index in [2.05, 4.69) is 20.9 Å². The number of aromatic amines is 1. The number of rotatable bonds is 13. The van der Waals surface area contributed by atoms with Crippen LogP contribution < -0.4 is 27.4 Å². The molecule has 4 rings (SSSR count). The van der Waals surface area contributed by atoms with Crippen molar-refractivity contribution < 1.29 is 24.0 Å². The van der Waals surface area contributed by atoms with Gasteiger partial charge in [-0.3, -0.25) is 24.0 Å². The fraction of sp³-hybridized carbons (Fsp3) is 0.406. The van der Waals surface area contributed by atoms with Crippen molar-refractivity contribution in [1.29, 1.82) is 0 Å². The van der Waals surface area contributed by atoms with E-state index >= 15 is 0 Å². The molecule has 3 atom stereocenters. The Bertz CT molecular complexity index is 1500. The number of aryl methyl sites for hydroxylation is 2. The SMILES string of the molecule is CC(C)[C@H](NC(=O)[C@]1(NC(=O)CCCc2ccccc2)CCc2[nH]c3ccccc3c2C1)C(=O)N[C@@H](CC(N)=O)C(N)=O. The second kappa shape index (κ2) is 13.5. The Morgan fingerprint density at radius 3 is 2.33 bits per heavy atom. The van der Waals surface area contributed by atoms with Crippen molar-refractivity contribution in [3.63, 3.8) is 0 Å². The van der Waals surface area contributed by atoms with Gasteiger partial charge in [0, 0.05) is 29.4 Å². The van der Waals surface area contributed by atoms with Gasteiger partial charge in [-0.05, 0) is 48.8 Å². The van der Waals surface area contributed by atoms with Crippen molar-refractivity contribution in [2.45, 2.75) is 76.4 Å². The Kier molecular flexibility index (Phi) is 9.84. The molecule has 1 aliphatic carbocycles. The highest BCUT2D eigenvalue weighted by atomic mass is 16.2. The quantitative estimate of drug-likeness (QED) is 0.176. The van der Waals surface area contributed by atoms with E-state index < -0.39 is 53.6 Å². The van der Waals surface area contributed by atoms with Gasteiger partial charge in [0.05, 0.1) is 6.42 Å². The van der Waals surface area contributed by atoms with Crippen LogP contribution in [-0.2, 0) is 43.2 Å². The molecule has 1 aliphatic rings. The van der Waals surface area contributed by atoms with Crippen LogP contribution in [0.3, 0.4) is 0 Å². The molecule has 0 aliphatic heterocycles. The van der Waals surface area contributed by atoms with E-state index in [-0.39, 0.29) is 18.7 Å². The highest BCUT2D eigenvalue weighted by Crippen LogP contribution is 2.34. The molecule has 0 saturated heterocycles. The maximum atomic E-state index is 14.2. The van der Waals surface area contributed by atoms with E-state index in [4.69, 9.17) is 11.5 Å². The number of fused-ring (bicyclic) bond motifs is 3. The van der Waals surface area contributed by atoms with E-state index in [1.165, 1.54) is 0 Å². The lowest BCUT2D eigenvalue weighted by Gasteiger charge is -2.38. The maximum Gasteiger partial charge on any atom is 0.246 e. The first-order valence-electron chi connectivity index (χ1n) is 14.6. The number of primary amides is 2. The molecule has 228 valence electrons. The average molecular weight is 589 g/mol. The fourth-order valence-electron chi connectivity index (χ4n) is 5.68. The molecule has 0 bridgehead atoms. The monoisotopic (exact) mass is 588 g/mol. The number of para-hydroxylation sites is 1. The molecule has 1 aromatic heterocycles. The second-order valence-corrected chi connectivity index (χ2v) is 11.6. The number of hydrogen-bond donors (Lipinski definition) is 6. The predicted molar refractivity (Wildman–Crippen MR) is 162 cm³/mol. The molecule has 0 fully saturated rings. The first-order valence-corrected chi connectivity index (χ1v) is 14.6. The lowest BCUT2D eigenvalue weighted by molar-refractivity contribution is -0.138. The van der Waals surface area contributed by atoms with Crippen LogP contribution in [0.1, 0.15) is 56.4 Å². The van der Waals surface area contributed by atoms with Gasteiger partial charge in [0.25, 0.3) is 0 Å². The molecular weight excluding hydrogens is 548 g/mol. The molecule has 0 saturated carbocycles. The maximum absolute atomic E-state index is 14.2. The number of carbonyl (C=O) groups is 5.